The molecule has 1 aromatic carbocycles. The van der Waals surface area contributed by atoms with E-state index in [9.17, 15) is 18.3 Å². The molecule has 1 unspecified atom stereocenters. The molecule has 6 nitrogen and oxygen atoms in total. The van der Waals surface area contributed by atoms with Gasteiger partial charge in [-0.15, -0.1) is 0 Å². The van der Waals surface area contributed by atoms with Crippen LogP contribution >= 0.6 is 0 Å². The summed E-state index contributed by atoms with van der Waals surface area (Å²) in [5.41, 5.74) is 0.419. The standard InChI is InChI=1S/C14H20N2O4S/c1-11-4-5-12(10-13(11)14(17)18)21(19,20)16-7-3-6-15(2)8-9-16/h4-5,10H,3,6-9H2,1-2H3,(H,17,18). The van der Waals surface area contributed by atoms with Crippen molar-refractivity contribution in [1.82, 2.24) is 4.31 Å². The summed E-state index contributed by atoms with van der Waals surface area (Å²) in [7, 11) is -1.61. The second-order valence-electron chi connectivity index (χ2n) is 5.48. The van der Waals surface area contributed by atoms with Crippen molar-refractivity contribution in [2.24, 2.45) is 0 Å². The lowest BCUT2D eigenvalue weighted by molar-refractivity contribution is -0.877. The number of carboxylic acids is 1. The number of hydrogen-bond donors (Lipinski definition) is 1. The molecule has 116 valence electrons. The van der Waals surface area contributed by atoms with E-state index >= 15 is 0 Å². The fourth-order valence-corrected chi connectivity index (χ4v) is 3.99. The average molecular weight is 312 g/mol. The normalized spacial score (nSPS) is 21.0. The van der Waals surface area contributed by atoms with Crippen LogP contribution < -0.4 is 10.0 Å². The summed E-state index contributed by atoms with van der Waals surface area (Å²) >= 11 is 0. The fourth-order valence-electron chi connectivity index (χ4n) is 2.48. The molecular weight excluding hydrogens is 292 g/mol. The van der Waals surface area contributed by atoms with E-state index in [1.165, 1.54) is 27.4 Å². The SMILES string of the molecule is Cc1ccc(S(=O)(=O)N2CCC[NH+](C)CC2)cc1C(=O)[O-]. The lowest BCUT2D eigenvalue weighted by Crippen LogP contribution is -3.09. The molecule has 7 heteroatoms. The summed E-state index contributed by atoms with van der Waals surface area (Å²) in [6.45, 7) is 4.21. The number of aryl methyl sites for hydroxylation is 1. The van der Waals surface area contributed by atoms with Gasteiger partial charge in [0.1, 0.15) is 0 Å². The van der Waals surface area contributed by atoms with E-state index in [-0.39, 0.29) is 10.5 Å². The van der Waals surface area contributed by atoms with Gasteiger partial charge in [-0.3, -0.25) is 0 Å². The molecule has 0 spiro atoms. The largest absolute Gasteiger partial charge is 0.545 e. The third kappa shape index (κ3) is 3.42. The first-order valence-corrected chi connectivity index (χ1v) is 8.40. The Kier molecular flexibility index (Phi) is 4.65. The Morgan fingerprint density at radius 1 is 1.29 bits per heavy atom. The summed E-state index contributed by atoms with van der Waals surface area (Å²) in [5.74, 6) is -1.36. The number of sulfonamides is 1. The zero-order chi connectivity index (χ0) is 15.6. The minimum absolute atomic E-state index is 0.0202. The van der Waals surface area contributed by atoms with Gasteiger partial charge in [0.15, 0.2) is 0 Å². The lowest BCUT2D eigenvalue weighted by atomic mass is 10.1. The number of rotatable bonds is 3. The zero-order valence-electron chi connectivity index (χ0n) is 12.3. The Bertz CT molecular complexity index is 642. The number of carbonyl (C=O) groups excluding carboxylic acids is 1. The number of carboxylic acid groups (broad SMARTS) is 1. The molecule has 1 aromatic rings. The first kappa shape index (κ1) is 15.9. The molecule has 1 fully saturated rings. The summed E-state index contributed by atoms with van der Waals surface area (Å²) in [6.07, 6.45) is 0.796. The highest BCUT2D eigenvalue weighted by Crippen LogP contribution is 2.19. The highest BCUT2D eigenvalue weighted by atomic mass is 32.2. The van der Waals surface area contributed by atoms with Crippen LogP contribution in [0.25, 0.3) is 0 Å². The van der Waals surface area contributed by atoms with E-state index in [2.05, 4.69) is 0 Å². The molecule has 0 aromatic heterocycles. The van der Waals surface area contributed by atoms with E-state index in [0.717, 1.165) is 19.5 Å². The summed E-state index contributed by atoms with van der Waals surface area (Å²) in [5, 5.41) is 11.1. The van der Waals surface area contributed by atoms with Crippen LogP contribution in [0.2, 0.25) is 0 Å². The van der Waals surface area contributed by atoms with E-state index < -0.39 is 16.0 Å². The summed E-state index contributed by atoms with van der Waals surface area (Å²) < 4.78 is 26.7. The number of aromatic carboxylic acids is 1. The fraction of sp³-hybridized carbons (Fsp3) is 0.500. The maximum Gasteiger partial charge on any atom is 0.243 e. The van der Waals surface area contributed by atoms with E-state index in [1.54, 1.807) is 6.92 Å². The molecule has 0 saturated carbocycles. The first-order chi connectivity index (χ1) is 9.82. The minimum atomic E-state index is -3.65. The van der Waals surface area contributed by atoms with Crippen molar-refractivity contribution in [2.75, 3.05) is 33.2 Å². The van der Waals surface area contributed by atoms with Crippen molar-refractivity contribution in [3.05, 3.63) is 29.3 Å². The van der Waals surface area contributed by atoms with Crippen LogP contribution in [0, 0.1) is 6.92 Å². The second-order valence-corrected chi connectivity index (χ2v) is 7.42. The van der Waals surface area contributed by atoms with Crippen molar-refractivity contribution in [2.45, 2.75) is 18.2 Å². The van der Waals surface area contributed by atoms with Gasteiger partial charge in [-0.05, 0) is 24.6 Å². The highest BCUT2D eigenvalue weighted by molar-refractivity contribution is 7.89. The quantitative estimate of drug-likeness (QED) is 0.719. The van der Waals surface area contributed by atoms with Gasteiger partial charge in [-0.1, -0.05) is 6.07 Å². The van der Waals surface area contributed by atoms with Crippen LogP contribution in [0.1, 0.15) is 22.3 Å². The Balaban J connectivity index is 2.35. The maximum absolute atomic E-state index is 12.6. The number of nitrogens with one attached hydrogen (secondary N) is 1. The number of benzene rings is 1. The average Bonchev–Trinajstić information content (AvgIpc) is 2.63. The van der Waals surface area contributed by atoms with Crippen molar-refractivity contribution in [3.63, 3.8) is 0 Å². The molecular formula is C14H20N2O4S. The highest BCUT2D eigenvalue weighted by Gasteiger charge is 2.27. The van der Waals surface area contributed by atoms with E-state index in [1.807, 2.05) is 7.05 Å². The Hall–Kier alpha value is -1.44. The molecule has 0 amide bonds. The molecule has 0 radical (unpaired) electrons. The van der Waals surface area contributed by atoms with Gasteiger partial charge < -0.3 is 14.8 Å². The van der Waals surface area contributed by atoms with Crippen molar-refractivity contribution >= 4 is 16.0 Å². The van der Waals surface area contributed by atoms with Gasteiger partial charge in [-0.2, -0.15) is 4.31 Å². The number of quaternary nitrogens is 1. The van der Waals surface area contributed by atoms with Crippen molar-refractivity contribution < 1.29 is 23.2 Å². The Morgan fingerprint density at radius 3 is 2.67 bits per heavy atom. The predicted octanol–water partition coefficient (Wildman–Crippen LogP) is -1.73. The van der Waals surface area contributed by atoms with Crippen LogP contribution in [0.15, 0.2) is 23.1 Å². The minimum Gasteiger partial charge on any atom is -0.545 e. The Labute approximate surface area is 125 Å². The van der Waals surface area contributed by atoms with Gasteiger partial charge in [0, 0.05) is 18.5 Å². The second kappa shape index (κ2) is 6.13. The van der Waals surface area contributed by atoms with Gasteiger partial charge in [-0.25, -0.2) is 8.42 Å². The molecule has 1 N–H and O–H groups in total. The third-order valence-electron chi connectivity index (χ3n) is 3.87. The van der Waals surface area contributed by atoms with E-state index in [4.69, 9.17) is 0 Å². The molecule has 0 bridgehead atoms. The molecule has 1 aliphatic rings. The van der Waals surface area contributed by atoms with Gasteiger partial charge in [0.05, 0.1) is 37.5 Å². The van der Waals surface area contributed by atoms with Crippen LogP contribution in [-0.2, 0) is 10.0 Å². The lowest BCUT2D eigenvalue weighted by Gasteiger charge is -2.20. The molecule has 0 aliphatic carbocycles. The molecule has 21 heavy (non-hydrogen) atoms. The first-order valence-electron chi connectivity index (χ1n) is 6.96. The van der Waals surface area contributed by atoms with Crippen LogP contribution in [0.3, 0.4) is 0 Å². The number of nitrogens with zero attached hydrogens (tertiary/aromatic N) is 1. The maximum atomic E-state index is 12.6. The molecule has 2 rings (SSSR count). The topological polar surface area (TPSA) is 82.0 Å². The predicted molar refractivity (Wildman–Crippen MR) is 75.5 cm³/mol. The Morgan fingerprint density at radius 2 is 2.00 bits per heavy atom. The number of hydrogen-bond acceptors (Lipinski definition) is 4. The molecule has 1 atom stereocenters. The zero-order valence-corrected chi connectivity index (χ0v) is 13.1. The third-order valence-corrected chi connectivity index (χ3v) is 5.76. The van der Waals surface area contributed by atoms with Crippen LogP contribution in [0.4, 0.5) is 0 Å². The van der Waals surface area contributed by atoms with Crippen LogP contribution in [0.5, 0.6) is 0 Å². The molecule has 1 saturated heterocycles. The smallest absolute Gasteiger partial charge is 0.243 e. The van der Waals surface area contributed by atoms with Crippen LogP contribution in [-0.4, -0.2) is 51.9 Å². The van der Waals surface area contributed by atoms with Gasteiger partial charge in [0.25, 0.3) is 0 Å². The monoisotopic (exact) mass is 312 g/mol. The summed E-state index contributed by atoms with van der Waals surface area (Å²) in [6, 6.07) is 4.16. The van der Waals surface area contributed by atoms with Gasteiger partial charge in [0.2, 0.25) is 10.0 Å². The molecule has 1 heterocycles. The number of likely N-dealkylation sites (N-methyl/N-ethyl adjacent to an activating group) is 1. The number of carbonyl (C=O) groups is 1. The summed E-state index contributed by atoms with van der Waals surface area (Å²) in [4.78, 5) is 12.4. The van der Waals surface area contributed by atoms with E-state index in [0.29, 0.717) is 18.7 Å². The van der Waals surface area contributed by atoms with Gasteiger partial charge >= 0.3 is 0 Å². The van der Waals surface area contributed by atoms with Crippen molar-refractivity contribution in [1.29, 1.82) is 0 Å². The molecule has 1 aliphatic heterocycles. The van der Waals surface area contributed by atoms with Crippen molar-refractivity contribution in [3.8, 4) is 0 Å².